The molecule has 112 valence electrons. The summed E-state index contributed by atoms with van der Waals surface area (Å²) in [6, 6.07) is 0. The maximum atomic E-state index is 6.25. The Kier molecular flexibility index (Phi) is 4.13. The van der Waals surface area contributed by atoms with Gasteiger partial charge in [0.05, 0.1) is 6.54 Å². The quantitative estimate of drug-likeness (QED) is 0.862. The summed E-state index contributed by atoms with van der Waals surface area (Å²) >= 11 is 0. The fourth-order valence-electron chi connectivity index (χ4n) is 4.10. The summed E-state index contributed by atoms with van der Waals surface area (Å²) < 4.78 is 2.28. The van der Waals surface area contributed by atoms with E-state index in [4.69, 9.17) is 5.73 Å². The Labute approximate surface area is 122 Å². The molecule has 2 heterocycles. The van der Waals surface area contributed by atoms with Crippen molar-refractivity contribution in [3.63, 3.8) is 0 Å². The summed E-state index contributed by atoms with van der Waals surface area (Å²) in [6.45, 7) is 6.29. The van der Waals surface area contributed by atoms with Crippen LogP contribution in [0.2, 0.25) is 0 Å². The van der Waals surface area contributed by atoms with E-state index in [1.165, 1.54) is 44.3 Å². The Bertz CT molecular complexity index is 441. The first kappa shape index (κ1) is 14.1. The number of aromatic nitrogens is 2. The van der Waals surface area contributed by atoms with E-state index in [2.05, 4.69) is 27.6 Å². The van der Waals surface area contributed by atoms with Crippen LogP contribution in [-0.2, 0) is 13.1 Å². The Balaban J connectivity index is 1.76. The van der Waals surface area contributed by atoms with Crippen LogP contribution in [0, 0.1) is 5.92 Å². The first-order chi connectivity index (χ1) is 9.77. The van der Waals surface area contributed by atoms with Crippen molar-refractivity contribution in [3.8, 4) is 0 Å². The van der Waals surface area contributed by atoms with Gasteiger partial charge in [-0.25, -0.2) is 4.98 Å². The zero-order chi connectivity index (χ0) is 14.0. The van der Waals surface area contributed by atoms with Gasteiger partial charge in [-0.2, -0.15) is 0 Å². The minimum Gasteiger partial charge on any atom is -0.333 e. The van der Waals surface area contributed by atoms with E-state index in [1.54, 1.807) is 0 Å². The summed E-state index contributed by atoms with van der Waals surface area (Å²) in [5.41, 5.74) is 6.48. The largest absolute Gasteiger partial charge is 0.333 e. The molecule has 3 rings (SSSR count). The number of rotatable bonds is 3. The molecule has 2 aliphatic rings. The molecular weight excluding hydrogens is 248 g/mol. The summed E-state index contributed by atoms with van der Waals surface area (Å²) in [5, 5.41) is 0. The van der Waals surface area contributed by atoms with Crippen LogP contribution in [0.3, 0.4) is 0 Å². The van der Waals surface area contributed by atoms with Crippen molar-refractivity contribution >= 4 is 0 Å². The highest BCUT2D eigenvalue weighted by Crippen LogP contribution is 2.36. The minimum atomic E-state index is 0.223. The number of hydrogen-bond donors (Lipinski definition) is 1. The Hall–Kier alpha value is -0.870. The zero-order valence-corrected chi connectivity index (χ0v) is 12.7. The van der Waals surface area contributed by atoms with Crippen molar-refractivity contribution in [1.82, 2.24) is 14.5 Å². The highest BCUT2D eigenvalue weighted by atomic mass is 15.3. The summed E-state index contributed by atoms with van der Waals surface area (Å²) in [5.74, 6) is 2.12. The van der Waals surface area contributed by atoms with Gasteiger partial charge in [0.15, 0.2) is 0 Å². The van der Waals surface area contributed by atoms with Gasteiger partial charge in [0.2, 0.25) is 0 Å². The maximum absolute atomic E-state index is 6.25. The third-order valence-electron chi connectivity index (χ3n) is 5.65. The topological polar surface area (TPSA) is 47.1 Å². The molecule has 2 atom stereocenters. The molecule has 1 aliphatic carbocycles. The molecule has 0 aromatic carbocycles. The molecule has 1 aliphatic heterocycles. The molecule has 4 heteroatoms. The molecule has 0 amide bonds. The van der Waals surface area contributed by atoms with E-state index in [0.717, 1.165) is 32.1 Å². The van der Waals surface area contributed by atoms with Crippen LogP contribution in [0.1, 0.15) is 51.3 Å². The van der Waals surface area contributed by atoms with Crippen molar-refractivity contribution in [2.24, 2.45) is 11.7 Å². The smallest absolute Gasteiger partial charge is 0.122 e. The molecule has 1 aromatic rings. The van der Waals surface area contributed by atoms with E-state index >= 15 is 0 Å². The second-order valence-corrected chi connectivity index (χ2v) is 6.59. The predicted octanol–water partition coefficient (Wildman–Crippen LogP) is 2.39. The Morgan fingerprint density at radius 2 is 2.25 bits per heavy atom. The normalized spacial score (nSPS) is 31.8. The van der Waals surface area contributed by atoms with Gasteiger partial charge in [-0.3, -0.25) is 4.90 Å². The first-order valence-corrected chi connectivity index (χ1v) is 8.22. The van der Waals surface area contributed by atoms with Crippen LogP contribution in [0.4, 0.5) is 0 Å². The summed E-state index contributed by atoms with van der Waals surface area (Å²) in [7, 11) is 0. The van der Waals surface area contributed by atoms with Gasteiger partial charge in [0, 0.05) is 37.6 Å². The zero-order valence-electron chi connectivity index (χ0n) is 12.7. The maximum Gasteiger partial charge on any atom is 0.122 e. The second-order valence-electron chi connectivity index (χ2n) is 6.59. The first-order valence-electron chi connectivity index (χ1n) is 8.22. The lowest BCUT2D eigenvalue weighted by Crippen LogP contribution is -2.55. The Morgan fingerprint density at radius 1 is 1.35 bits per heavy atom. The van der Waals surface area contributed by atoms with E-state index in [0.29, 0.717) is 0 Å². The van der Waals surface area contributed by atoms with Crippen molar-refractivity contribution in [1.29, 1.82) is 0 Å². The number of fused-ring (bicyclic) bond motifs is 1. The van der Waals surface area contributed by atoms with Crippen LogP contribution < -0.4 is 5.73 Å². The van der Waals surface area contributed by atoms with Crippen LogP contribution >= 0.6 is 0 Å². The van der Waals surface area contributed by atoms with Crippen LogP contribution in [-0.4, -0.2) is 33.1 Å². The average Bonchev–Trinajstić information content (AvgIpc) is 2.85. The molecule has 2 N–H and O–H groups in total. The van der Waals surface area contributed by atoms with Crippen LogP contribution in [0.5, 0.6) is 0 Å². The average molecular weight is 276 g/mol. The van der Waals surface area contributed by atoms with Gasteiger partial charge in [0.1, 0.15) is 5.82 Å². The molecule has 0 saturated heterocycles. The number of nitrogens with zero attached hydrogens (tertiary/aromatic N) is 3. The minimum absolute atomic E-state index is 0.223. The third-order valence-corrected chi connectivity index (χ3v) is 5.65. The Morgan fingerprint density at radius 3 is 3.05 bits per heavy atom. The molecule has 2 unspecified atom stereocenters. The van der Waals surface area contributed by atoms with Crippen molar-refractivity contribution in [3.05, 3.63) is 18.2 Å². The SMILES string of the molecule is CCC1CCCC(CN)(N2CCn3ccnc3C2)CC1. The van der Waals surface area contributed by atoms with Gasteiger partial charge in [-0.15, -0.1) is 0 Å². The lowest BCUT2D eigenvalue weighted by molar-refractivity contribution is 0.0488. The van der Waals surface area contributed by atoms with Gasteiger partial charge in [0.25, 0.3) is 0 Å². The highest BCUT2D eigenvalue weighted by molar-refractivity contribution is 5.02. The van der Waals surface area contributed by atoms with Crippen LogP contribution in [0.25, 0.3) is 0 Å². The van der Waals surface area contributed by atoms with E-state index in [1.807, 2.05) is 6.20 Å². The highest BCUT2D eigenvalue weighted by Gasteiger charge is 2.38. The molecule has 4 nitrogen and oxygen atoms in total. The van der Waals surface area contributed by atoms with Crippen LogP contribution in [0.15, 0.2) is 12.4 Å². The van der Waals surface area contributed by atoms with Crippen molar-refractivity contribution in [2.75, 3.05) is 13.1 Å². The standard InChI is InChI=1S/C16H28N4/c1-2-14-4-3-6-16(13-17,7-5-14)20-11-10-19-9-8-18-15(19)12-20/h8-9,14H,2-7,10-13,17H2,1H3. The van der Waals surface area contributed by atoms with E-state index < -0.39 is 0 Å². The number of nitrogens with two attached hydrogens (primary N) is 1. The fraction of sp³-hybridized carbons (Fsp3) is 0.812. The molecule has 1 fully saturated rings. The van der Waals surface area contributed by atoms with Gasteiger partial charge >= 0.3 is 0 Å². The molecule has 20 heavy (non-hydrogen) atoms. The molecule has 0 radical (unpaired) electrons. The molecule has 1 aromatic heterocycles. The predicted molar refractivity (Wildman–Crippen MR) is 81.3 cm³/mol. The lowest BCUT2D eigenvalue weighted by atomic mass is 9.87. The number of hydrogen-bond acceptors (Lipinski definition) is 3. The molecular formula is C16H28N4. The monoisotopic (exact) mass is 276 g/mol. The number of imidazole rings is 1. The third kappa shape index (κ3) is 2.51. The fourth-order valence-corrected chi connectivity index (χ4v) is 4.10. The molecule has 0 spiro atoms. The molecule has 0 bridgehead atoms. The second kappa shape index (κ2) is 5.86. The van der Waals surface area contributed by atoms with E-state index in [-0.39, 0.29) is 5.54 Å². The lowest BCUT2D eigenvalue weighted by Gasteiger charge is -2.45. The van der Waals surface area contributed by atoms with Gasteiger partial charge < -0.3 is 10.3 Å². The van der Waals surface area contributed by atoms with Gasteiger partial charge in [-0.05, 0) is 25.2 Å². The van der Waals surface area contributed by atoms with Crippen molar-refractivity contribution < 1.29 is 0 Å². The van der Waals surface area contributed by atoms with Gasteiger partial charge in [-0.1, -0.05) is 26.2 Å². The van der Waals surface area contributed by atoms with E-state index in [9.17, 15) is 0 Å². The summed E-state index contributed by atoms with van der Waals surface area (Å²) in [4.78, 5) is 7.13. The van der Waals surface area contributed by atoms with Crippen molar-refractivity contribution in [2.45, 2.75) is 64.1 Å². The summed E-state index contributed by atoms with van der Waals surface area (Å²) in [6.07, 6.45) is 11.9. The molecule has 1 saturated carbocycles.